The highest BCUT2D eigenvalue weighted by atomic mass is 79.9. The summed E-state index contributed by atoms with van der Waals surface area (Å²) in [6.07, 6.45) is -0.139. The van der Waals surface area contributed by atoms with Gasteiger partial charge in [0.25, 0.3) is 0 Å². The number of hydrogen-bond donors (Lipinski definition) is 3. The van der Waals surface area contributed by atoms with E-state index >= 15 is 0 Å². The van der Waals surface area contributed by atoms with Crippen molar-refractivity contribution in [2.75, 3.05) is 5.32 Å². The minimum absolute atomic E-state index is 0.139. The first-order valence-corrected chi connectivity index (χ1v) is 6.30. The third kappa shape index (κ3) is 4.93. The summed E-state index contributed by atoms with van der Waals surface area (Å²) in [5, 5.41) is 14.0. The van der Waals surface area contributed by atoms with Gasteiger partial charge in [0, 0.05) is 10.5 Å². The molecule has 3 N–H and O–H groups in total. The molecule has 5 nitrogen and oxygen atoms in total. The zero-order valence-electron chi connectivity index (χ0n) is 9.54. The van der Waals surface area contributed by atoms with E-state index in [1.54, 1.807) is 25.1 Å². The number of hydrogen-bond acceptors (Lipinski definition) is 2. The van der Waals surface area contributed by atoms with E-state index in [2.05, 4.69) is 26.6 Å². The number of carboxylic acid groups (broad SMARTS) is 1. The lowest BCUT2D eigenvalue weighted by atomic mass is 10.2. The summed E-state index contributed by atoms with van der Waals surface area (Å²) in [4.78, 5) is 22.0. The molecular weight excluding hydrogens is 323 g/mol. The number of carbonyl (C=O) groups excluding carboxylic acids is 1. The third-order valence-electron chi connectivity index (χ3n) is 2.03. The van der Waals surface area contributed by atoms with Crippen LogP contribution in [0.1, 0.15) is 13.3 Å². The lowest BCUT2D eigenvalue weighted by molar-refractivity contribution is -0.137. The molecule has 7 heteroatoms. The molecule has 0 radical (unpaired) electrons. The van der Waals surface area contributed by atoms with Crippen molar-refractivity contribution in [2.24, 2.45) is 0 Å². The van der Waals surface area contributed by atoms with Crippen LogP contribution in [0.4, 0.5) is 10.5 Å². The highest BCUT2D eigenvalue weighted by Gasteiger charge is 2.12. The molecule has 0 saturated carbocycles. The van der Waals surface area contributed by atoms with Crippen LogP contribution in [0, 0.1) is 0 Å². The highest BCUT2D eigenvalue weighted by Crippen LogP contribution is 2.25. The van der Waals surface area contributed by atoms with Crippen LogP contribution in [0.3, 0.4) is 0 Å². The Labute approximate surface area is 118 Å². The zero-order chi connectivity index (χ0) is 13.7. The van der Waals surface area contributed by atoms with Crippen LogP contribution in [-0.4, -0.2) is 23.1 Å². The molecule has 0 fully saturated rings. The first kappa shape index (κ1) is 14.8. The fourth-order valence-electron chi connectivity index (χ4n) is 1.29. The monoisotopic (exact) mass is 334 g/mol. The number of benzene rings is 1. The summed E-state index contributed by atoms with van der Waals surface area (Å²) in [5.74, 6) is -0.969. The Bertz CT molecular complexity index is 468. The molecule has 1 aromatic rings. The molecule has 1 rings (SSSR count). The van der Waals surface area contributed by atoms with Crippen molar-refractivity contribution in [3.8, 4) is 0 Å². The van der Waals surface area contributed by atoms with Gasteiger partial charge in [-0.05, 0) is 25.1 Å². The minimum atomic E-state index is -0.969. The highest BCUT2D eigenvalue weighted by molar-refractivity contribution is 9.10. The second-order valence-electron chi connectivity index (χ2n) is 3.72. The average molecular weight is 336 g/mol. The van der Waals surface area contributed by atoms with Crippen molar-refractivity contribution in [3.63, 3.8) is 0 Å². The van der Waals surface area contributed by atoms with E-state index in [0.29, 0.717) is 10.7 Å². The number of nitrogens with one attached hydrogen (secondary N) is 2. The second kappa shape index (κ2) is 6.61. The summed E-state index contributed by atoms with van der Waals surface area (Å²) >= 11 is 9.17. The van der Waals surface area contributed by atoms with Crippen molar-refractivity contribution in [1.29, 1.82) is 0 Å². The number of carboxylic acids is 1. The summed E-state index contributed by atoms with van der Waals surface area (Å²) in [7, 11) is 0. The molecule has 0 aliphatic carbocycles. The van der Waals surface area contributed by atoms with E-state index in [1.165, 1.54) is 0 Å². The number of halogens is 2. The van der Waals surface area contributed by atoms with Crippen LogP contribution in [-0.2, 0) is 4.79 Å². The number of rotatable bonds is 4. The first-order chi connectivity index (χ1) is 8.38. The van der Waals surface area contributed by atoms with E-state index in [0.717, 1.165) is 4.47 Å². The van der Waals surface area contributed by atoms with Crippen molar-refractivity contribution in [1.82, 2.24) is 5.32 Å². The van der Waals surface area contributed by atoms with Gasteiger partial charge in [0.15, 0.2) is 0 Å². The van der Waals surface area contributed by atoms with Gasteiger partial charge in [-0.3, -0.25) is 4.79 Å². The van der Waals surface area contributed by atoms with Crippen LogP contribution in [0.15, 0.2) is 22.7 Å². The Morgan fingerprint density at radius 2 is 2.17 bits per heavy atom. The van der Waals surface area contributed by atoms with Gasteiger partial charge < -0.3 is 15.7 Å². The third-order valence-corrected chi connectivity index (χ3v) is 2.86. The van der Waals surface area contributed by atoms with E-state index in [1.807, 2.05) is 0 Å². The lowest BCUT2D eigenvalue weighted by Crippen LogP contribution is -2.37. The molecule has 0 saturated heterocycles. The quantitative estimate of drug-likeness (QED) is 0.791. The maximum absolute atomic E-state index is 11.6. The van der Waals surface area contributed by atoms with Gasteiger partial charge in [-0.2, -0.15) is 0 Å². The molecule has 1 unspecified atom stereocenters. The van der Waals surface area contributed by atoms with Crippen LogP contribution in [0.25, 0.3) is 0 Å². The molecule has 0 spiro atoms. The molecule has 18 heavy (non-hydrogen) atoms. The standard InChI is InChI=1S/C11H12BrClN2O3/c1-6(4-10(16)17)14-11(18)15-9-5-7(12)2-3-8(9)13/h2-3,5-6H,4H2,1H3,(H,16,17)(H2,14,15,18). The van der Waals surface area contributed by atoms with Crippen LogP contribution in [0.5, 0.6) is 0 Å². The molecule has 2 amide bonds. The SMILES string of the molecule is CC(CC(=O)O)NC(=O)Nc1cc(Br)ccc1Cl. The predicted octanol–water partition coefficient (Wildman–Crippen LogP) is 3.09. The minimum Gasteiger partial charge on any atom is -0.481 e. The zero-order valence-corrected chi connectivity index (χ0v) is 11.9. The Kier molecular flexibility index (Phi) is 5.43. The summed E-state index contributed by atoms with van der Waals surface area (Å²) < 4.78 is 0.779. The van der Waals surface area contributed by atoms with Crippen molar-refractivity contribution in [3.05, 3.63) is 27.7 Å². The van der Waals surface area contributed by atoms with Crippen LogP contribution >= 0.6 is 27.5 Å². The second-order valence-corrected chi connectivity index (χ2v) is 5.04. The van der Waals surface area contributed by atoms with Gasteiger partial charge in [0.2, 0.25) is 0 Å². The topological polar surface area (TPSA) is 78.4 Å². The lowest BCUT2D eigenvalue weighted by Gasteiger charge is -2.13. The van der Waals surface area contributed by atoms with E-state index < -0.39 is 18.0 Å². The van der Waals surface area contributed by atoms with Crippen molar-refractivity contribution < 1.29 is 14.7 Å². The van der Waals surface area contributed by atoms with E-state index in [9.17, 15) is 9.59 Å². The van der Waals surface area contributed by atoms with E-state index in [-0.39, 0.29) is 6.42 Å². The molecule has 0 aliphatic rings. The summed E-state index contributed by atoms with van der Waals surface area (Å²) in [6.45, 7) is 1.61. The van der Waals surface area contributed by atoms with Gasteiger partial charge in [-0.15, -0.1) is 0 Å². The Balaban J connectivity index is 2.59. The molecule has 0 bridgehead atoms. The fourth-order valence-corrected chi connectivity index (χ4v) is 1.81. The normalized spacial score (nSPS) is 11.7. The van der Waals surface area contributed by atoms with Crippen LogP contribution < -0.4 is 10.6 Å². The summed E-state index contributed by atoms with van der Waals surface area (Å²) in [5.41, 5.74) is 0.450. The van der Waals surface area contributed by atoms with E-state index in [4.69, 9.17) is 16.7 Å². The smallest absolute Gasteiger partial charge is 0.319 e. The summed E-state index contributed by atoms with van der Waals surface area (Å²) in [6, 6.07) is 4.08. The van der Waals surface area contributed by atoms with Gasteiger partial charge in [0.1, 0.15) is 0 Å². The van der Waals surface area contributed by atoms with Gasteiger partial charge >= 0.3 is 12.0 Å². The molecule has 0 heterocycles. The predicted molar refractivity (Wildman–Crippen MR) is 73.0 cm³/mol. The molecule has 1 atom stereocenters. The largest absolute Gasteiger partial charge is 0.481 e. The molecular formula is C11H12BrClN2O3. The fraction of sp³-hybridized carbons (Fsp3) is 0.273. The number of carbonyl (C=O) groups is 2. The van der Waals surface area contributed by atoms with Crippen LogP contribution in [0.2, 0.25) is 5.02 Å². The van der Waals surface area contributed by atoms with Crippen molar-refractivity contribution >= 4 is 45.2 Å². The Morgan fingerprint density at radius 3 is 2.78 bits per heavy atom. The maximum Gasteiger partial charge on any atom is 0.319 e. The molecule has 98 valence electrons. The number of aliphatic carboxylic acids is 1. The van der Waals surface area contributed by atoms with Gasteiger partial charge in [-0.25, -0.2) is 4.79 Å². The van der Waals surface area contributed by atoms with Gasteiger partial charge in [0.05, 0.1) is 17.1 Å². The van der Waals surface area contributed by atoms with Gasteiger partial charge in [-0.1, -0.05) is 27.5 Å². The number of amides is 2. The first-order valence-electron chi connectivity index (χ1n) is 5.13. The number of urea groups is 1. The maximum atomic E-state index is 11.6. The Hall–Kier alpha value is -1.27. The average Bonchev–Trinajstić information content (AvgIpc) is 2.21. The molecule has 0 aliphatic heterocycles. The number of anilines is 1. The Morgan fingerprint density at radius 1 is 1.50 bits per heavy atom. The van der Waals surface area contributed by atoms with Crippen molar-refractivity contribution in [2.45, 2.75) is 19.4 Å². The molecule has 1 aromatic carbocycles. The molecule has 0 aromatic heterocycles.